The highest BCUT2D eigenvalue weighted by molar-refractivity contribution is 5.76. The van der Waals surface area contributed by atoms with Crippen molar-refractivity contribution in [1.82, 2.24) is 0 Å². The van der Waals surface area contributed by atoms with E-state index in [1.165, 1.54) is 6.42 Å². The molecule has 74 valence electrons. The first-order valence-corrected chi connectivity index (χ1v) is 5.34. The van der Waals surface area contributed by atoms with Crippen molar-refractivity contribution in [3.63, 3.8) is 0 Å². The summed E-state index contributed by atoms with van der Waals surface area (Å²) in [6.07, 6.45) is 7.53. The van der Waals surface area contributed by atoms with Crippen LogP contribution in [0.25, 0.3) is 0 Å². The molecule has 0 aliphatic heterocycles. The summed E-state index contributed by atoms with van der Waals surface area (Å²) in [5.41, 5.74) is -0.218. The highest BCUT2D eigenvalue weighted by Gasteiger charge is 2.59. The number of carbonyl (C=O) groups is 1. The average Bonchev–Trinajstić information content (AvgIpc) is 2.86. The Kier molecular flexibility index (Phi) is 1.90. The molecular formula is C11H18O2. The van der Waals surface area contributed by atoms with E-state index < -0.39 is 5.97 Å². The lowest BCUT2D eigenvalue weighted by Crippen LogP contribution is -2.40. The van der Waals surface area contributed by atoms with Gasteiger partial charge in [-0.05, 0) is 31.1 Å². The predicted molar refractivity (Wildman–Crippen MR) is 50.5 cm³/mol. The fourth-order valence-corrected chi connectivity index (χ4v) is 2.90. The Morgan fingerprint density at radius 3 is 2.00 bits per heavy atom. The first kappa shape index (κ1) is 9.04. The molecule has 2 rings (SSSR count). The van der Waals surface area contributed by atoms with E-state index in [9.17, 15) is 9.90 Å². The lowest BCUT2D eigenvalue weighted by Gasteiger charge is -2.38. The van der Waals surface area contributed by atoms with E-state index >= 15 is 0 Å². The Balaban J connectivity index is 2.24. The summed E-state index contributed by atoms with van der Waals surface area (Å²) in [6.45, 7) is 2.16. The van der Waals surface area contributed by atoms with Crippen molar-refractivity contribution in [3.8, 4) is 0 Å². The molecule has 0 saturated heterocycles. The fourth-order valence-electron chi connectivity index (χ4n) is 2.90. The van der Waals surface area contributed by atoms with E-state index in [2.05, 4.69) is 6.92 Å². The molecule has 0 atom stereocenters. The van der Waals surface area contributed by atoms with Gasteiger partial charge in [-0.15, -0.1) is 0 Å². The molecule has 0 aromatic carbocycles. The topological polar surface area (TPSA) is 37.3 Å². The molecule has 0 aromatic heterocycles. The molecule has 13 heavy (non-hydrogen) atoms. The summed E-state index contributed by atoms with van der Waals surface area (Å²) < 4.78 is 0. The van der Waals surface area contributed by atoms with Gasteiger partial charge in [0.15, 0.2) is 0 Å². The monoisotopic (exact) mass is 182 g/mol. The van der Waals surface area contributed by atoms with Crippen molar-refractivity contribution in [2.75, 3.05) is 0 Å². The van der Waals surface area contributed by atoms with Gasteiger partial charge in [0.2, 0.25) is 0 Å². The van der Waals surface area contributed by atoms with Gasteiger partial charge in [0.25, 0.3) is 0 Å². The summed E-state index contributed by atoms with van der Waals surface area (Å²) >= 11 is 0. The maximum atomic E-state index is 11.4. The molecule has 2 nitrogen and oxygen atoms in total. The minimum atomic E-state index is -0.535. The van der Waals surface area contributed by atoms with Gasteiger partial charge in [0, 0.05) is 0 Å². The van der Waals surface area contributed by atoms with Gasteiger partial charge in [-0.2, -0.15) is 0 Å². The summed E-state index contributed by atoms with van der Waals surface area (Å²) in [5, 5.41) is 9.36. The molecule has 1 N–H and O–H groups in total. The van der Waals surface area contributed by atoms with Crippen LogP contribution in [0.1, 0.15) is 51.9 Å². The Hall–Kier alpha value is -0.530. The quantitative estimate of drug-likeness (QED) is 0.713. The molecule has 0 bridgehead atoms. The van der Waals surface area contributed by atoms with E-state index in [4.69, 9.17) is 0 Å². The second kappa shape index (κ2) is 2.73. The third-order valence-electron chi connectivity index (χ3n) is 4.27. The first-order chi connectivity index (χ1) is 6.11. The SMILES string of the molecule is CC1(C2(C(=O)O)CCCCC2)CC1. The Morgan fingerprint density at radius 1 is 1.08 bits per heavy atom. The van der Waals surface area contributed by atoms with Crippen LogP contribution < -0.4 is 0 Å². The van der Waals surface area contributed by atoms with Crippen LogP contribution in [-0.4, -0.2) is 11.1 Å². The lowest BCUT2D eigenvalue weighted by molar-refractivity contribution is -0.156. The van der Waals surface area contributed by atoms with Crippen LogP contribution >= 0.6 is 0 Å². The molecule has 0 heterocycles. The lowest BCUT2D eigenvalue weighted by atomic mass is 9.64. The second-order valence-electron chi connectivity index (χ2n) is 5.01. The Bertz CT molecular complexity index is 222. The van der Waals surface area contributed by atoms with Crippen molar-refractivity contribution in [2.45, 2.75) is 51.9 Å². The normalized spacial score (nSPS) is 29.6. The molecule has 0 aromatic rings. The van der Waals surface area contributed by atoms with Crippen LogP contribution in [0.3, 0.4) is 0 Å². The molecule has 2 fully saturated rings. The standard InChI is InChI=1S/C11H18O2/c1-10(7-8-10)11(9(12)13)5-3-2-4-6-11/h2-8H2,1H3,(H,12,13). The number of hydrogen-bond acceptors (Lipinski definition) is 1. The van der Waals surface area contributed by atoms with Crippen LogP contribution in [0.15, 0.2) is 0 Å². The zero-order valence-corrected chi connectivity index (χ0v) is 8.31. The third-order valence-corrected chi connectivity index (χ3v) is 4.27. The summed E-state index contributed by atoms with van der Waals surface area (Å²) in [5.74, 6) is -0.535. The maximum Gasteiger partial charge on any atom is 0.310 e. The van der Waals surface area contributed by atoms with Gasteiger partial charge >= 0.3 is 5.97 Å². The van der Waals surface area contributed by atoms with E-state index in [1.807, 2.05) is 0 Å². The summed E-state index contributed by atoms with van der Waals surface area (Å²) in [6, 6.07) is 0. The minimum absolute atomic E-state index is 0.138. The molecule has 2 aliphatic rings. The van der Waals surface area contributed by atoms with Crippen LogP contribution in [-0.2, 0) is 4.79 Å². The van der Waals surface area contributed by atoms with Crippen LogP contribution in [0.2, 0.25) is 0 Å². The molecular weight excluding hydrogens is 164 g/mol. The largest absolute Gasteiger partial charge is 0.481 e. The fraction of sp³-hybridized carbons (Fsp3) is 0.909. The van der Waals surface area contributed by atoms with Crippen LogP contribution in [0.4, 0.5) is 0 Å². The molecule has 2 heteroatoms. The van der Waals surface area contributed by atoms with Gasteiger partial charge in [-0.1, -0.05) is 26.2 Å². The van der Waals surface area contributed by atoms with E-state index in [0.29, 0.717) is 0 Å². The van der Waals surface area contributed by atoms with Crippen LogP contribution in [0, 0.1) is 10.8 Å². The van der Waals surface area contributed by atoms with E-state index in [1.54, 1.807) is 0 Å². The zero-order valence-electron chi connectivity index (χ0n) is 8.31. The smallest absolute Gasteiger partial charge is 0.310 e. The summed E-state index contributed by atoms with van der Waals surface area (Å²) in [7, 11) is 0. The Labute approximate surface area is 79.3 Å². The molecule has 2 saturated carbocycles. The highest BCUT2D eigenvalue weighted by atomic mass is 16.4. The van der Waals surface area contributed by atoms with Crippen molar-refractivity contribution >= 4 is 5.97 Å². The third kappa shape index (κ3) is 1.18. The van der Waals surface area contributed by atoms with Crippen molar-refractivity contribution in [2.24, 2.45) is 10.8 Å². The van der Waals surface area contributed by atoms with Gasteiger partial charge in [0.05, 0.1) is 5.41 Å². The van der Waals surface area contributed by atoms with Crippen molar-refractivity contribution < 1.29 is 9.90 Å². The van der Waals surface area contributed by atoms with E-state index in [-0.39, 0.29) is 10.8 Å². The molecule has 0 unspecified atom stereocenters. The second-order valence-corrected chi connectivity index (χ2v) is 5.01. The summed E-state index contributed by atoms with van der Waals surface area (Å²) in [4.78, 5) is 11.4. The van der Waals surface area contributed by atoms with Gasteiger partial charge in [0.1, 0.15) is 0 Å². The molecule has 0 radical (unpaired) electrons. The van der Waals surface area contributed by atoms with Crippen LogP contribution in [0.5, 0.6) is 0 Å². The van der Waals surface area contributed by atoms with Gasteiger partial charge < -0.3 is 5.11 Å². The molecule has 0 spiro atoms. The number of carboxylic acids is 1. The number of rotatable bonds is 2. The number of aliphatic carboxylic acids is 1. The highest BCUT2D eigenvalue weighted by Crippen LogP contribution is 2.63. The number of carboxylic acid groups (broad SMARTS) is 1. The molecule has 2 aliphatic carbocycles. The number of hydrogen-bond donors (Lipinski definition) is 1. The van der Waals surface area contributed by atoms with Crippen molar-refractivity contribution in [1.29, 1.82) is 0 Å². The van der Waals surface area contributed by atoms with Gasteiger partial charge in [-0.3, -0.25) is 4.79 Å². The average molecular weight is 182 g/mol. The van der Waals surface area contributed by atoms with E-state index in [0.717, 1.165) is 38.5 Å². The predicted octanol–water partition coefficient (Wildman–Crippen LogP) is 2.82. The van der Waals surface area contributed by atoms with Gasteiger partial charge in [-0.25, -0.2) is 0 Å². The zero-order chi connectivity index (χ0) is 9.53. The molecule has 0 amide bonds. The maximum absolute atomic E-state index is 11.4. The van der Waals surface area contributed by atoms with Crippen molar-refractivity contribution in [3.05, 3.63) is 0 Å². The Morgan fingerprint density at radius 2 is 1.62 bits per heavy atom. The minimum Gasteiger partial charge on any atom is -0.481 e. The first-order valence-electron chi connectivity index (χ1n) is 5.34.